The van der Waals surface area contributed by atoms with Gasteiger partial charge in [-0.2, -0.15) is 5.10 Å². The SMILES string of the molecule is CCCn1ccc(NCCC(C)C)n1.Cl. The van der Waals surface area contributed by atoms with Gasteiger partial charge in [0.2, 0.25) is 0 Å². The minimum atomic E-state index is 0. The van der Waals surface area contributed by atoms with E-state index in [2.05, 4.69) is 31.2 Å². The molecule has 1 heterocycles. The Hall–Kier alpha value is -0.700. The quantitative estimate of drug-likeness (QED) is 0.815. The van der Waals surface area contributed by atoms with Crippen LogP contribution < -0.4 is 5.32 Å². The maximum Gasteiger partial charge on any atom is 0.147 e. The molecule has 0 spiro atoms. The zero-order valence-corrected chi connectivity index (χ0v) is 10.7. The van der Waals surface area contributed by atoms with Gasteiger partial charge in [-0.25, -0.2) is 0 Å². The minimum Gasteiger partial charge on any atom is -0.369 e. The number of nitrogens with one attached hydrogen (secondary N) is 1. The molecular formula is C11H22ClN3. The predicted octanol–water partition coefficient (Wildman–Crippen LogP) is 3.17. The summed E-state index contributed by atoms with van der Waals surface area (Å²) in [6.45, 7) is 8.65. The third-order valence-electron chi connectivity index (χ3n) is 2.12. The van der Waals surface area contributed by atoms with Gasteiger partial charge in [0.1, 0.15) is 5.82 Å². The van der Waals surface area contributed by atoms with Crippen molar-refractivity contribution in [2.75, 3.05) is 11.9 Å². The number of aromatic nitrogens is 2. The van der Waals surface area contributed by atoms with E-state index in [4.69, 9.17) is 0 Å². The molecule has 3 nitrogen and oxygen atoms in total. The van der Waals surface area contributed by atoms with E-state index in [1.165, 1.54) is 6.42 Å². The smallest absolute Gasteiger partial charge is 0.147 e. The third kappa shape index (κ3) is 5.67. The van der Waals surface area contributed by atoms with Crippen molar-refractivity contribution in [2.45, 2.75) is 40.2 Å². The van der Waals surface area contributed by atoms with Crippen molar-refractivity contribution in [3.8, 4) is 0 Å². The minimum absolute atomic E-state index is 0. The molecule has 1 aromatic heterocycles. The zero-order valence-electron chi connectivity index (χ0n) is 9.86. The molecule has 0 aliphatic carbocycles. The van der Waals surface area contributed by atoms with Crippen LogP contribution in [0.5, 0.6) is 0 Å². The first-order valence-electron chi connectivity index (χ1n) is 5.49. The summed E-state index contributed by atoms with van der Waals surface area (Å²) in [5.74, 6) is 1.75. The van der Waals surface area contributed by atoms with Crippen molar-refractivity contribution in [2.24, 2.45) is 5.92 Å². The number of anilines is 1. The Kier molecular flexibility index (Phi) is 7.22. The zero-order chi connectivity index (χ0) is 10.4. The number of hydrogen-bond acceptors (Lipinski definition) is 2. The Balaban J connectivity index is 0.00000196. The fraction of sp³-hybridized carbons (Fsp3) is 0.727. The summed E-state index contributed by atoms with van der Waals surface area (Å²) < 4.78 is 1.98. The molecule has 0 saturated heterocycles. The first kappa shape index (κ1) is 14.3. The van der Waals surface area contributed by atoms with Crippen LogP contribution in [0.25, 0.3) is 0 Å². The lowest BCUT2D eigenvalue weighted by Crippen LogP contribution is -2.06. The van der Waals surface area contributed by atoms with Crippen molar-refractivity contribution in [3.63, 3.8) is 0 Å². The van der Waals surface area contributed by atoms with Gasteiger partial charge in [-0.05, 0) is 18.8 Å². The maximum atomic E-state index is 4.40. The fourth-order valence-corrected chi connectivity index (χ4v) is 1.30. The lowest BCUT2D eigenvalue weighted by molar-refractivity contribution is 0.595. The Morgan fingerprint density at radius 1 is 1.47 bits per heavy atom. The molecule has 15 heavy (non-hydrogen) atoms. The van der Waals surface area contributed by atoms with Crippen LogP contribution in [0.15, 0.2) is 12.3 Å². The molecule has 0 unspecified atom stereocenters. The van der Waals surface area contributed by atoms with Crippen LogP contribution >= 0.6 is 12.4 Å². The van der Waals surface area contributed by atoms with Gasteiger partial charge >= 0.3 is 0 Å². The lowest BCUT2D eigenvalue weighted by Gasteiger charge is -2.05. The molecule has 4 heteroatoms. The Morgan fingerprint density at radius 3 is 2.80 bits per heavy atom. The van der Waals surface area contributed by atoms with Gasteiger partial charge in [-0.3, -0.25) is 4.68 Å². The van der Waals surface area contributed by atoms with E-state index in [1.54, 1.807) is 0 Å². The molecule has 1 rings (SSSR count). The normalized spacial score (nSPS) is 10.1. The number of aryl methyl sites for hydroxylation is 1. The van der Waals surface area contributed by atoms with Crippen molar-refractivity contribution in [3.05, 3.63) is 12.3 Å². The van der Waals surface area contributed by atoms with Crippen LogP contribution in [-0.2, 0) is 6.54 Å². The average molecular weight is 232 g/mol. The van der Waals surface area contributed by atoms with Crippen molar-refractivity contribution in [1.82, 2.24) is 9.78 Å². The van der Waals surface area contributed by atoms with E-state index in [0.29, 0.717) is 0 Å². The van der Waals surface area contributed by atoms with Crippen molar-refractivity contribution < 1.29 is 0 Å². The average Bonchev–Trinajstić information content (AvgIpc) is 2.53. The number of hydrogen-bond donors (Lipinski definition) is 1. The second-order valence-corrected chi connectivity index (χ2v) is 4.07. The van der Waals surface area contributed by atoms with Gasteiger partial charge in [0.05, 0.1) is 0 Å². The van der Waals surface area contributed by atoms with Crippen molar-refractivity contribution >= 4 is 18.2 Å². The van der Waals surface area contributed by atoms with E-state index < -0.39 is 0 Å². The van der Waals surface area contributed by atoms with E-state index in [-0.39, 0.29) is 12.4 Å². The molecule has 0 bridgehead atoms. The first-order chi connectivity index (χ1) is 6.72. The molecule has 0 aliphatic rings. The van der Waals surface area contributed by atoms with E-state index in [1.807, 2.05) is 16.9 Å². The first-order valence-corrected chi connectivity index (χ1v) is 5.49. The number of rotatable bonds is 6. The maximum absolute atomic E-state index is 4.40. The molecule has 0 atom stereocenters. The summed E-state index contributed by atoms with van der Waals surface area (Å²) in [6, 6.07) is 2.04. The largest absolute Gasteiger partial charge is 0.369 e. The fourth-order valence-electron chi connectivity index (χ4n) is 1.30. The van der Waals surface area contributed by atoms with Crippen LogP contribution in [-0.4, -0.2) is 16.3 Å². The van der Waals surface area contributed by atoms with Gasteiger partial charge in [-0.1, -0.05) is 20.8 Å². The Labute approximate surface area is 98.7 Å². The Bertz CT molecular complexity index is 258. The van der Waals surface area contributed by atoms with E-state index in [0.717, 1.165) is 31.2 Å². The highest BCUT2D eigenvalue weighted by molar-refractivity contribution is 5.85. The summed E-state index contributed by atoms with van der Waals surface area (Å²) in [7, 11) is 0. The Morgan fingerprint density at radius 2 is 2.20 bits per heavy atom. The molecule has 1 N–H and O–H groups in total. The summed E-state index contributed by atoms with van der Waals surface area (Å²) in [6.07, 6.45) is 4.36. The molecule has 1 aromatic rings. The lowest BCUT2D eigenvalue weighted by atomic mass is 10.1. The van der Waals surface area contributed by atoms with Crippen LogP contribution in [0.3, 0.4) is 0 Å². The summed E-state index contributed by atoms with van der Waals surface area (Å²) in [5.41, 5.74) is 0. The second kappa shape index (κ2) is 7.57. The van der Waals surface area contributed by atoms with Gasteiger partial charge in [0, 0.05) is 25.4 Å². The molecule has 0 radical (unpaired) electrons. The molecular weight excluding hydrogens is 210 g/mol. The van der Waals surface area contributed by atoms with Crippen LogP contribution in [0, 0.1) is 5.92 Å². The van der Waals surface area contributed by atoms with Gasteiger partial charge < -0.3 is 5.32 Å². The van der Waals surface area contributed by atoms with Gasteiger partial charge in [0.25, 0.3) is 0 Å². The van der Waals surface area contributed by atoms with Gasteiger partial charge in [0.15, 0.2) is 0 Å². The molecule has 0 aliphatic heterocycles. The monoisotopic (exact) mass is 231 g/mol. The number of halogens is 1. The highest BCUT2D eigenvalue weighted by atomic mass is 35.5. The summed E-state index contributed by atoms with van der Waals surface area (Å²) in [4.78, 5) is 0. The van der Waals surface area contributed by atoms with Gasteiger partial charge in [-0.15, -0.1) is 12.4 Å². The molecule has 0 saturated carbocycles. The highest BCUT2D eigenvalue weighted by Gasteiger charge is 1.98. The van der Waals surface area contributed by atoms with E-state index in [9.17, 15) is 0 Å². The summed E-state index contributed by atoms with van der Waals surface area (Å²) in [5, 5.41) is 7.73. The van der Waals surface area contributed by atoms with Crippen molar-refractivity contribution in [1.29, 1.82) is 0 Å². The van der Waals surface area contributed by atoms with Crippen LogP contribution in [0.1, 0.15) is 33.6 Å². The predicted molar refractivity (Wildman–Crippen MR) is 67.7 cm³/mol. The standard InChI is InChI=1S/C11H21N3.ClH/c1-4-8-14-9-6-11(13-14)12-7-5-10(2)3;/h6,9-10H,4-5,7-8H2,1-3H3,(H,12,13);1H. The van der Waals surface area contributed by atoms with Crippen LogP contribution in [0.4, 0.5) is 5.82 Å². The van der Waals surface area contributed by atoms with E-state index >= 15 is 0 Å². The summed E-state index contributed by atoms with van der Waals surface area (Å²) >= 11 is 0. The highest BCUT2D eigenvalue weighted by Crippen LogP contribution is 2.05. The second-order valence-electron chi connectivity index (χ2n) is 4.07. The molecule has 0 amide bonds. The third-order valence-corrected chi connectivity index (χ3v) is 2.12. The topological polar surface area (TPSA) is 29.9 Å². The molecule has 0 aromatic carbocycles. The number of nitrogens with zero attached hydrogens (tertiary/aromatic N) is 2. The molecule has 88 valence electrons. The molecule has 0 fully saturated rings. The van der Waals surface area contributed by atoms with Crippen LogP contribution in [0.2, 0.25) is 0 Å².